The Balaban J connectivity index is 2.70. The minimum Gasteiger partial charge on any atom is -0.473 e. The van der Waals surface area contributed by atoms with Crippen molar-refractivity contribution in [3.05, 3.63) is 16.4 Å². The first-order valence-electron chi connectivity index (χ1n) is 6.56. The highest BCUT2D eigenvalue weighted by atomic mass is 16.6. The number of unbranched alkanes of at least 4 members (excludes halogenated alkanes) is 3. The van der Waals surface area contributed by atoms with E-state index >= 15 is 0 Å². The van der Waals surface area contributed by atoms with Gasteiger partial charge in [-0.25, -0.2) is 4.98 Å². The summed E-state index contributed by atoms with van der Waals surface area (Å²) in [6.45, 7) is 4.95. The molecule has 19 heavy (non-hydrogen) atoms. The van der Waals surface area contributed by atoms with Gasteiger partial charge >= 0.3 is 5.69 Å². The van der Waals surface area contributed by atoms with E-state index in [1.807, 2.05) is 6.92 Å². The van der Waals surface area contributed by atoms with Crippen molar-refractivity contribution in [2.45, 2.75) is 39.5 Å². The molecule has 7 heteroatoms. The van der Waals surface area contributed by atoms with E-state index in [-0.39, 0.29) is 17.4 Å². The van der Waals surface area contributed by atoms with Gasteiger partial charge in [-0.05, 0) is 13.3 Å². The Morgan fingerprint density at radius 3 is 2.74 bits per heavy atom. The van der Waals surface area contributed by atoms with Crippen LogP contribution >= 0.6 is 0 Å². The van der Waals surface area contributed by atoms with Crippen molar-refractivity contribution in [2.75, 3.05) is 18.5 Å². The molecule has 0 spiro atoms. The van der Waals surface area contributed by atoms with Crippen LogP contribution < -0.4 is 10.1 Å². The average Bonchev–Trinajstić information content (AvgIpc) is 2.38. The van der Waals surface area contributed by atoms with E-state index in [1.165, 1.54) is 6.33 Å². The highest BCUT2D eigenvalue weighted by Gasteiger charge is 2.23. The standard InChI is InChI=1S/C12H20N4O3/c1-3-5-6-7-8-19-12-10(16(17)18)11(13-4-2)14-9-15-12/h9H,3-8H2,1-2H3,(H,13,14,15). The Kier molecular flexibility index (Phi) is 6.56. The summed E-state index contributed by atoms with van der Waals surface area (Å²) in [5, 5.41) is 13.9. The number of anilines is 1. The molecule has 0 aliphatic heterocycles. The van der Waals surface area contributed by atoms with Gasteiger partial charge in [0, 0.05) is 6.54 Å². The van der Waals surface area contributed by atoms with Crippen LogP contribution in [0.5, 0.6) is 5.88 Å². The molecule has 0 fully saturated rings. The Hall–Kier alpha value is -1.92. The summed E-state index contributed by atoms with van der Waals surface area (Å²) in [5.74, 6) is 0.235. The summed E-state index contributed by atoms with van der Waals surface area (Å²) in [4.78, 5) is 18.3. The van der Waals surface area contributed by atoms with Crippen LogP contribution in [0.1, 0.15) is 39.5 Å². The lowest BCUT2D eigenvalue weighted by atomic mass is 10.2. The Labute approximate surface area is 112 Å². The van der Waals surface area contributed by atoms with Gasteiger partial charge < -0.3 is 10.1 Å². The van der Waals surface area contributed by atoms with Crippen molar-refractivity contribution in [1.29, 1.82) is 0 Å². The van der Waals surface area contributed by atoms with Crippen molar-refractivity contribution >= 4 is 11.5 Å². The molecule has 106 valence electrons. The number of nitro groups is 1. The summed E-state index contributed by atoms with van der Waals surface area (Å²) >= 11 is 0. The zero-order valence-electron chi connectivity index (χ0n) is 11.4. The number of aromatic nitrogens is 2. The summed E-state index contributed by atoms with van der Waals surface area (Å²) in [6.07, 6.45) is 5.46. The predicted octanol–water partition coefficient (Wildman–Crippen LogP) is 2.78. The van der Waals surface area contributed by atoms with Crippen LogP contribution in [0, 0.1) is 10.1 Å². The summed E-state index contributed by atoms with van der Waals surface area (Å²) in [6, 6.07) is 0. The average molecular weight is 268 g/mol. The Morgan fingerprint density at radius 1 is 1.32 bits per heavy atom. The Bertz CT molecular complexity index is 412. The molecular formula is C12H20N4O3. The number of hydrogen-bond acceptors (Lipinski definition) is 6. The molecule has 1 N–H and O–H groups in total. The van der Waals surface area contributed by atoms with Crippen LogP contribution in [-0.4, -0.2) is 28.0 Å². The smallest absolute Gasteiger partial charge is 0.372 e. The molecule has 0 aliphatic rings. The molecule has 0 radical (unpaired) electrons. The van der Waals surface area contributed by atoms with Gasteiger partial charge in [-0.3, -0.25) is 10.1 Å². The maximum atomic E-state index is 11.1. The highest BCUT2D eigenvalue weighted by molar-refractivity contribution is 5.60. The van der Waals surface area contributed by atoms with E-state index in [4.69, 9.17) is 4.74 Å². The van der Waals surface area contributed by atoms with Gasteiger partial charge in [-0.1, -0.05) is 26.2 Å². The van der Waals surface area contributed by atoms with E-state index in [2.05, 4.69) is 22.2 Å². The fourth-order valence-corrected chi connectivity index (χ4v) is 1.63. The van der Waals surface area contributed by atoms with Gasteiger partial charge in [0.25, 0.3) is 5.88 Å². The first-order valence-corrected chi connectivity index (χ1v) is 6.56. The molecule has 0 saturated carbocycles. The zero-order chi connectivity index (χ0) is 14.1. The molecule has 0 unspecified atom stereocenters. The minimum atomic E-state index is -0.515. The predicted molar refractivity (Wildman–Crippen MR) is 72.5 cm³/mol. The van der Waals surface area contributed by atoms with Crippen LogP contribution in [0.25, 0.3) is 0 Å². The van der Waals surface area contributed by atoms with Crippen molar-refractivity contribution in [3.8, 4) is 5.88 Å². The zero-order valence-corrected chi connectivity index (χ0v) is 11.4. The fraction of sp³-hybridized carbons (Fsp3) is 0.667. The highest BCUT2D eigenvalue weighted by Crippen LogP contribution is 2.30. The van der Waals surface area contributed by atoms with Crippen molar-refractivity contribution in [1.82, 2.24) is 9.97 Å². The molecule has 1 aromatic rings. The van der Waals surface area contributed by atoms with Gasteiger partial charge in [0.15, 0.2) is 0 Å². The maximum Gasteiger partial charge on any atom is 0.372 e. The largest absolute Gasteiger partial charge is 0.473 e. The molecular weight excluding hydrogens is 248 g/mol. The molecule has 0 bridgehead atoms. The maximum absolute atomic E-state index is 11.1. The van der Waals surface area contributed by atoms with E-state index in [0.717, 1.165) is 25.7 Å². The normalized spacial score (nSPS) is 10.2. The molecule has 0 amide bonds. The van der Waals surface area contributed by atoms with Crippen LogP contribution in [0.3, 0.4) is 0 Å². The Morgan fingerprint density at radius 2 is 2.11 bits per heavy atom. The molecule has 1 heterocycles. The van der Waals surface area contributed by atoms with Crippen molar-refractivity contribution in [3.63, 3.8) is 0 Å². The molecule has 0 aliphatic carbocycles. The second-order valence-electron chi connectivity index (χ2n) is 4.07. The summed E-state index contributed by atoms with van der Waals surface area (Å²) < 4.78 is 5.40. The van der Waals surface area contributed by atoms with E-state index in [1.54, 1.807) is 0 Å². The first kappa shape index (κ1) is 15.1. The van der Waals surface area contributed by atoms with Crippen molar-refractivity contribution in [2.24, 2.45) is 0 Å². The lowest BCUT2D eigenvalue weighted by molar-refractivity contribution is -0.385. The number of ether oxygens (including phenoxy) is 1. The molecule has 7 nitrogen and oxygen atoms in total. The topological polar surface area (TPSA) is 90.2 Å². The number of rotatable bonds is 9. The number of hydrogen-bond donors (Lipinski definition) is 1. The minimum absolute atomic E-state index is 0.0347. The van der Waals surface area contributed by atoms with Crippen LogP contribution in [-0.2, 0) is 0 Å². The second kappa shape index (κ2) is 8.23. The lowest BCUT2D eigenvalue weighted by Gasteiger charge is -2.08. The van der Waals surface area contributed by atoms with Gasteiger partial charge in [0.1, 0.15) is 6.33 Å². The summed E-state index contributed by atoms with van der Waals surface area (Å²) in [5.41, 5.74) is -0.195. The SMILES string of the molecule is CCCCCCOc1ncnc(NCC)c1[N+](=O)[O-]. The van der Waals surface area contributed by atoms with Gasteiger partial charge in [0.05, 0.1) is 11.5 Å². The molecule has 0 aromatic carbocycles. The first-order chi connectivity index (χ1) is 9.20. The molecule has 0 saturated heterocycles. The van der Waals surface area contributed by atoms with E-state index < -0.39 is 4.92 Å². The van der Waals surface area contributed by atoms with Crippen molar-refractivity contribution < 1.29 is 9.66 Å². The van der Waals surface area contributed by atoms with E-state index in [0.29, 0.717) is 13.2 Å². The second-order valence-corrected chi connectivity index (χ2v) is 4.07. The van der Waals surface area contributed by atoms with Crippen LogP contribution in [0.2, 0.25) is 0 Å². The quantitative estimate of drug-likeness (QED) is 0.420. The number of nitrogens with one attached hydrogen (secondary N) is 1. The molecule has 1 rings (SSSR count). The molecule has 0 atom stereocenters. The van der Waals surface area contributed by atoms with Gasteiger partial charge in [-0.2, -0.15) is 4.98 Å². The van der Waals surface area contributed by atoms with Crippen LogP contribution in [0.15, 0.2) is 6.33 Å². The molecule has 1 aromatic heterocycles. The lowest BCUT2D eigenvalue weighted by Crippen LogP contribution is -2.08. The van der Waals surface area contributed by atoms with Gasteiger partial charge in [-0.15, -0.1) is 0 Å². The van der Waals surface area contributed by atoms with E-state index in [9.17, 15) is 10.1 Å². The van der Waals surface area contributed by atoms with Crippen LogP contribution in [0.4, 0.5) is 11.5 Å². The monoisotopic (exact) mass is 268 g/mol. The number of nitrogens with zero attached hydrogens (tertiary/aromatic N) is 3. The third-order valence-electron chi connectivity index (χ3n) is 2.55. The third-order valence-corrected chi connectivity index (χ3v) is 2.55. The third kappa shape index (κ3) is 4.69. The van der Waals surface area contributed by atoms with Gasteiger partial charge in [0.2, 0.25) is 5.82 Å². The fourth-order valence-electron chi connectivity index (χ4n) is 1.63. The summed E-state index contributed by atoms with van der Waals surface area (Å²) in [7, 11) is 0.